The van der Waals surface area contributed by atoms with Crippen LogP contribution in [0.4, 0.5) is 0 Å². The van der Waals surface area contributed by atoms with Crippen LogP contribution in [0.1, 0.15) is 13.3 Å². The maximum absolute atomic E-state index is 4.10. The molecule has 0 aliphatic rings. The lowest BCUT2D eigenvalue weighted by Gasteiger charge is -2.20. The molecule has 0 amide bonds. The Morgan fingerprint density at radius 3 is 2.21 bits per heavy atom. The van der Waals surface area contributed by atoms with Crippen LogP contribution in [-0.4, -0.2) is 8.07 Å². The normalized spacial score (nSPS) is 14.0. The molecule has 1 rings (SSSR count). The van der Waals surface area contributed by atoms with Crippen molar-refractivity contribution in [3.8, 4) is 0 Å². The highest BCUT2D eigenvalue weighted by molar-refractivity contribution is 6.92. The first kappa shape index (κ1) is 11.3. The molecule has 0 bridgehead atoms. The predicted molar refractivity (Wildman–Crippen MR) is 68.3 cm³/mol. The van der Waals surface area contributed by atoms with Crippen molar-refractivity contribution in [3.63, 3.8) is 0 Å². The molecule has 0 heterocycles. The van der Waals surface area contributed by atoms with Crippen LogP contribution in [0, 0.1) is 0 Å². The van der Waals surface area contributed by atoms with Gasteiger partial charge in [0, 0.05) is 0 Å². The minimum atomic E-state index is -1.18. The summed E-state index contributed by atoms with van der Waals surface area (Å²) in [7, 11) is -1.18. The maximum Gasteiger partial charge on any atom is 0.0732 e. The van der Waals surface area contributed by atoms with Crippen LogP contribution in [0.25, 0.3) is 11.8 Å². The standard InChI is InChI=1S/C13H20Si/c1-6-13(14(3,4)5)12-10-8-7-9-11(12)2/h7-10H,2,6H2,1,3-5H3/b13-12+. The van der Waals surface area contributed by atoms with Crippen LogP contribution in [0.3, 0.4) is 0 Å². The van der Waals surface area contributed by atoms with Gasteiger partial charge in [-0.1, -0.05) is 62.6 Å². The molecule has 0 unspecified atom stereocenters. The Balaban J connectivity index is 3.56. The summed E-state index contributed by atoms with van der Waals surface area (Å²) >= 11 is 0. The summed E-state index contributed by atoms with van der Waals surface area (Å²) in [6.45, 7) is 13.6. The van der Waals surface area contributed by atoms with Crippen LogP contribution in [0.15, 0.2) is 24.3 Å². The second-order valence-electron chi connectivity index (χ2n) is 4.74. The molecule has 0 N–H and O–H groups in total. The molecular formula is C13H20Si. The Bertz CT molecular complexity index is 410. The topological polar surface area (TPSA) is 0 Å². The molecule has 0 atom stereocenters. The van der Waals surface area contributed by atoms with Gasteiger partial charge in [0.15, 0.2) is 0 Å². The summed E-state index contributed by atoms with van der Waals surface area (Å²) in [4.78, 5) is 0. The van der Waals surface area contributed by atoms with Gasteiger partial charge in [-0.15, -0.1) is 0 Å². The number of hydrogen-bond acceptors (Lipinski definition) is 0. The molecule has 0 spiro atoms. The van der Waals surface area contributed by atoms with Gasteiger partial charge in [-0.05, 0) is 16.9 Å². The fraction of sp³-hybridized carbons (Fsp3) is 0.385. The average Bonchev–Trinajstić information content (AvgIpc) is 2.07. The van der Waals surface area contributed by atoms with Gasteiger partial charge in [-0.3, -0.25) is 0 Å². The molecule has 0 fully saturated rings. The van der Waals surface area contributed by atoms with Gasteiger partial charge in [0.1, 0.15) is 0 Å². The first-order chi connectivity index (χ1) is 6.46. The third-order valence-electron chi connectivity index (χ3n) is 2.60. The van der Waals surface area contributed by atoms with Crippen LogP contribution in [0.2, 0.25) is 19.6 Å². The van der Waals surface area contributed by atoms with E-state index in [-0.39, 0.29) is 0 Å². The summed E-state index contributed by atoms with van der Waals surface area (Å²) in [5.41, 5.74) is 0. The molecule has 0 aliphatic carbocycles. The first-order valence-electron chi connectivity index (χ1n) is 5.24. The van der Waals surface area contributed by atoms with E-state index >= 15 is 0 Å². The van der Waals surface area contributed by atoms with Crippen molar-refractivity contribution in [1.82, 2.24) is 0 Å². The summed E-state index contributed by atoms with van der Waals surface area (Å²) < 4.78 is 0. The SMILES string of the molecule is C=c1cccc/c1=C(/CC)[Si](C)(C)C. The highest BCUT2D eigenvalue weighted by Crippen LogP contribution is 2.16. The quantitative estimate of drug-likeness (QED) is 0.650. The van der Waals surface area contributed by atoms with E-state index in [1.54, 1.807) is 5.20 Å². The van der Waals surface area contributed by atoms with E-state index in [4.69, 9.17) is 0 Å². The number of benzene rings is 1. The Morgan fingerprint density at radius 2 is 1.79 bits per heavy atom. The Labute approximate surface area is 88.0 Å². The van der Waals surface area contributed by atoms with Crippen molar-refractivity contribution < 1.29 is 0 Å². The van der Waals surface area contributed by atoms with Gasteiger partial charge >= 0.3 is 0 Å². The monoisotopic (exact) mass is 204 g/mol. The molecule has 76 valence electrons. The lowest BCUT2D eigenvalue weighted by atomic mass is 10.2. The van der Waals surface area contributed by atoms with E-state index in [9.17, 15) is 0 Å². The van der Waals surface area contributed by atoms with E-state index in [1.165, 1.54) is 10.4 Å². The second-order valence-corrected chi connectivity index (χ2v) is 9.84. The average molecular weight is 204 g/mol. The minimum Gasteiger partial charge on any atom is -0.0912 e. The van der Waals surface area contributed by atoms with E-state index in [0.29, 0.717) is 0 Å². The van der Waals surface area contributed by atoms with Crippen molar-refractivity contribution in [2.45, 2.75) is 33.0 Å². The fourth-order valence-corrected chi connectivity index (χ4v) is 4.05. The smallest absolute Gasteiger partial charge is 0.0732 e. The van der Waals surface area contributed by atoms with Crippen molar-refractivity contribution in [1.29, 1.82) is 0 Å². The lowest BCUT2D eigenvalue weighted by Crippen LogP contribution is -2.35. The van der Waals surface area contributed by atoms with Crippen molar-refractivity contribution in [3.05, 3.63) is 34.7 Å². The van der Waals surface area contributed by atoms with E-state index in [2.05, 4.69) is 57.4 Å². The molecular weight excluding hydrogens is 184 g/mol. The Hall–Kier alpha value is -0.823. The van der Waals surface area contributed by atoms with Crippen LogP contribution in [-0.2, 0) is 0 Å². The van der Waals surface area contributed by atoms with Crippen LogP contribution in [0.5, 0.6) is 0 Å². The zero-order chi connectivity index (χ0) is 10.8. The van der Waals surface area contributed by atoms with Crippen molar-refractivity contribution >= 4 is 19.8 Å². The molecule has 1 heteroatoms. The maximum atomic E-state index is 4.10. The van der Waals surface area contributed by atoms with E-state index < -0.39 is 8.07 Å². The molecule has 0 saturated heterocycles. The third kappa shape index (κ3) is 2.35. The zero-order valence-corrected chi connectivity index (χ0v) is 10.7. The summed E-state index contributed by atoms with van der Waals surface area (Å²) in [6, 6.07) is 8.48. The molecule has 0 radical (unpaired) electrons. The molecule has 0 aromatic heterocycles. The zero-order valence-electron chi connectivity index (χ0n) is 9.72. The first-order valence-corrected chi connectivity index (χ1v) is 8.74. The Kier molecular flexibility index (Phi) is 3.32. The Morgan fingerprint density at radius 1 is 1.21 bits per heavy atom. The van der Waals surface area contributed by atoms with Crippen molar-refractivity contribution in [2.24, 2.45) is 0 Å². The van der Waals surface area contributed by atoms with Gasteiger partial charge in [-0.2, -0.15) is 0 Å². The highest BCUT2D eigenvalue weighted by Gasteiger charge is 2.18. The summed E-state index contributed by atoms with van der Waals surface area (Å²) in [5, 5.41) is 4.18. The largest absolute Gasteiger partial charge is 0.0912 e. The minimum absolute atomic E-state index is 1.16. The van der Waals surface area contributed by atoms with E-state index in [1.807, 2.05) is 0 Å². The van der Waals surface area contributed by atoms with Gasteiger partial charge in [-0.25, -0.2) is 0 Å². The van der Waals surface area contributed by atoms with Crippen molar-refractivity contribution in [2.75, 3.05) is 0 Å². The molecule has 0 aliphatic heterocycles. The van der Waals surface area contributed by atoms with Gasteiger partial charge in [0.2, 0.25) is 0 Å². The van der Waals surface area contributed by atoms with Crippen LogP contribution < -0.4 is 10.4 Å². The molecule has 14 heavy (non-hydrogen) atoms. The molecule has 1 aromatic carbocycles. The number of hydrogen-bond donors (Lipinski definition) is 0. The van der Waals surface area contributed by atoms with Crippen LogP contribution >= 0.6 is 0 Å². The predicted octanol–water partition coefficient (Wildman–Crippen LogP) is 2.54. The van der Waals surface area contributed by atoms with Gasteiger partial charge in [0.25, 0.3) is 0 Å². The lowest BCUT2D eigenvalue weighted by molar-refractivity contribution is 1.24. The summed E-state index contributed by atoms with van der Waals surface area (Å²) in [6.07, 6.45) is 1.16. The summed E-state index contributed by atoms with van der Waals surface area (Å²) in [5.74, 6) is 0. The highest BCUT2D eigenvalue weighted by atomic mass is 28.3. The van der Waals surface area contributed by atoms with Gasteiger partial charge in [0.05, 0.1) is 8.07 Å². The third-order valence-corrected chi connectivity index (χ3v) is 5.03. The fourth-order valence-electron chi connectivity index (χ4n) is 1.94. The van der Waals surface area contributed by atoms with E-state index in [0.717, 1.165) is 6.42 Å². The van der Waals surface area contributed by atoms with Gasteiger partial charge < -0.3 is 0 Å². The molecule has 0 saturated carbocycles. The molecule has 1 aromatic rings. The molecule has 0 nitrogen and oxygen atoms in total. The number of rotatable bonds is 2. The second kappa shape index (κ2) is 4.14.